The topological polar surface area (TPSA) is 17.8 Å². The largest absolute Gasteiger partial charge is 0.296 e. The number of benzene rings is 8. The second-order valence-corrected chi connectivity index (χ2v) is 12.3. The van der Waals surface area contributed by atoms with Gasteiger partial charge in [-0.15, -0.1) is 0 Å². The highest BCUT2D eigenvalue weighted by molar-refractivity contribution is 6.22. The lowest BCUT2D eigenvalue weighted by Gasteiger charge is -2.21. The number of nitrogens with zero attached hydrogens (tertiary/aromatic N) is 2. The zero-order valence-electron chi connectivity index (χ0n) is 31.6. The van der Waals surface area contributed by atoms with Crippen molar-refractivity contribution in [3.05, 3.63) is 182 Å². The third-order valence-corrected chi connectivity index (χ3v) is 9.45. The Labute approximate surface area is 293 Å². The molecule has 0 N–H and O–H groups in total. The molecule has 0 atom stereocenters. The van der Waals surface area contributed by atoms with Crippen LogP contribution >= 0.6 is 0 Å². The summed E-state index contributed by atoms with van der Waals surface area (Å²) in [6.07, 6.45) is -2.73. The van der Waals surface area contributed by atoms with Gasteiger partial charge in [0.1, 0.15) is 5.82 Å². The van der Waals surface area contributed by atoms with Crippen LogP contribution in [-0.4, -0.2) is 9.55 Å². The standard InChI is InChI=1S/C47H34N2/c1-2-45-48-42-26-14-16-28-44(42)49(45)43-27-15-13-25-41(43)47-39-23-11-9-21-37(39)46(38-22-10-12-24-40(38)47)36-30-34(32-17-5-3-6-18-32)29-35(31-36)33-19-7-4-8-20-33/h3-31H,2H2,1H3/i1D3,2D2. The lowest BCUT2D eigenvalue weighted by molar-refractivity contribution is 0.909. The first-order chi connectivity index (χ1) is 26.2. The van der Waals surface area contributed by atoms with Crippen LogP contribution in [0.5, 0.6) is 0 Å². The predicted molar refractivity (Wildman–Crippen MR) is 207 cm³/mol. The molecule has 9 rings (SSSR count). The average molecular weight is 632 g/mol. The van der Waals surface area contributed by atoms with E-state index in [4.69, 9.17) is 6.85 Å². The molecule has 49 heavy (non-hydrogen) atoms. The molecule has 8 aromatic carbocycles. The molecule has 0 bridgehead atoms. The van der Waals surface area contributed by atoms with Crippen molar-refractivity contribution in [1.29, 1.82) is 0 Å². The number of rotatable bonds is 6. The van der Waals surface area contributed by atoms with Gasteiger partial charge in [0.25, 0.3) is 0 Å². The molecule has 2 heteroatoms. The molecule has 0 radical (unpaired) electrons. The lowest BCUT2D eigenvalue weighted by Crippen LogP contribution is -2.03. The van der Waals surface area contributed by atoms with Crippen LogP contribution in [0.4, 0.5) is 0 Å². The molecule has 0 spiro atoms. The lowest BCUT2D eigenvalue weighted by atomic mass is 9.84. The van der Waals surface area contributed by atoms with Crippen molar-refractivity contribution in [3.63, 3.8) is 0 Å². The third-order valence-electron chi connectivity index (χ3n) is 9.45. The summed E-state index contributed by atoms with van der Waals surface area (Å²) < 4.78 is 44.0. The Kier molecular flexibility index (Phi) is 5.91. The minimum absolute atomic E-state index is 0.160. The number of para-hydroxylation sites is 3. The Morgan fingerprint density at radius 3 is 1.59 bits per heavy atom. The first kappa shape index (κ1) is 24.0. The van der Waals surface area contributed by atoms with Crippen molar-refractivity contribution in [2.24, 2.45) is 0 Å². The molecule has 0 aliphatic carbocycles. The molecule has 1 heterocycles. The van der Waals surface area contributed by atoms with E-state index in [-0.39, 0.29) is 5.82 Å². The maximum absolute atomic E-state index is 8.88. The van der Waals surface area contributed by atoms with E-state index in [0.29, 0.717) is 16.7 Å². The van der Waals surface area contributed by atoms with Gasteiger partial charge in [-0.25, -0.2) is 4.98 Å². The van der Waals surface area contributed by atoms with Crippen LogP contribution in [0.15, 0.2) is 176 Å². The SMILES string of the molecule is [2H]C([2H])([2H])C([2H])([2H])c1nc2ccccc2n1-c1ccccc1-c1c2ccccc2c(-c2cc(-c3ccccc3)cc(-c3ccccc3)c2)c2ccccc12. The monoisotopic (exact) mass is 631 g/mol. The molecule has 0 aliphatic heterocycles. The summed E-state index contributed by atoms with van der Waals surface area (Å²) in [5.41, 5.74) is 10.3. The number of hydrogen-bond acceptors (Lipinski definition) is 1. The van der Waals surface area contributed by atoms with E-state index in [2.05, 4.69) is 108 Å². The Bertz CT molecular complexity index is 2730. The van der Waals surface area contributed by atoms with E-state index in [1.165, 1.54) is 0 Å². The summed E-state index contributed by atoms with van der Waals surface area (Å²) in [7, 11) is 0. The van der Waals surface area contributed by atoms with E-state index in [0.717, 1.165) is 66.1 Å². The molecule has 0 fully saturated rings. The van der Waals surface area contributed by atoms with Crippen LogP contribution in [0, 0.1) is 0 Å². The van der Waals surface area contributed by atoms with Crippen molar-refractivity contribution in [3.8, 4) is 50.2 Å². The summed E-state index contributed by atoms with van der Waals surface area (Å²) in [5, 5.41) is 4.18. The molecule has 1 aromatic heterocycles. The number of imidazole rings is 1. The fraction of sp³-hybridized carbons (Fsp3) is 0.0426. The van der Waals surface area contributed by atoms with Gasteiger partial charge in [-0.2, -0.15) is 0 Å². The zero-order chi connectivity index (χ0) is 37.0. The summed E-state index contributed by atoms with van der Waals surface area (Å²) in [6, 6.07) is 59.8. The minimum atomic E-state index is -2.95. The molecule has 9 aromatic rings. The van der Waals surface area contributed by atoms with Crippen LogP contribution < -0.4 is 0 Å². The van der Waals surface area contributed by atoms with Crippen molar-refractivity contribution < 1.29 is 6.85 Å². The van der Waals surface area contributed by atoms with Crippen molar-refractivity contribution in [2.45, 2.75) is 13.2 Å². The summed E-state index contributed by atoms with van der Waals surface area (Å²) in [5.74, 6) is -0.160. The maximum Gasteiger partial charge on any atom is 0.114 e. The molecule has 0 saturated carbocycles. The van der Waals surface area contributed by atoms with Crippen LogP contribution in [0.2, 0.25) is 0 Å². The average Bonchev–Trinajstić information content (AvgIpc) is 3.60. The summed E-state index contributed by atoms with van der Waals surface area (Å²) in [6.45, 7) is -2.95. The molecule has 0 unspecified atom stereocenters. The normalized spacial score (nSPS) is 13.5. The number of hydrogen-bond donors (Lipinski definition) is 0. The van der Waals surface area contributed by atoms with Gasteiger partial charge < -0.3 is 0 Å². The molecule has 2 nitrogen and oxygen atoms in total. The Hall–Kier alpha value is -6.25. The zero-order valence-corrected chi connectivity index (χ0v) is 26.6. The van der Waals surface area contributed by atoms with E-state index in [1.807, 2.05) is 66.7 Å². The fourth-order valence-corrected chi connectivity index (χ4v) is 7.33. The summed E-state index contributed by atoms with van der Waals surface area (Å²) in [4.78, 5) is 4.63. The van der Waals surface area contributed by atoms with Gasteiger partial charge in [-0.1, -0.05) is 146 Å². The smallest absolute Gasteiger partial charge is 0.114 e. The third kappa shape index (κ3) is 4.92. The highest BCUT2D eigenvalue weighted by Gasteiger charge is 2.21. The number of aryl methyl sites for hydroxylation is 1. The van der Waals surface area contributed by atoms with Gasteiger partial charge >= 0.3 is 0 Å². The predicted octanol–water partition coefficient (Wildman–Crippen LogP) is 12.6. The number of aromatic nitrogens is 2. The highest BCUT2D eigenvalue weighted by Crippen LogP contribution is 2.46. The fourth-order valence-electron chi connectivity index (χ4n) is 7.33. The van der Waals surface area contributed by atoms with Crippen molar-refractivity contribution >= 4 is 32.6 Å². The molecule has 0 saturated heterocycles. The Morgan fingerprint density at radius 2 is 0.980 bits per heavy atom. The summed E-state index contributed by atoms with van der Waals surface area (Å²) >= 11 is 0. The first-order valence-electron chi connectivity index (χ1n) is 19.0. The Balaban J connectivity index is 1.37. The van der Waals surface area contributed by atoms with Crippen LogP contribution in [0.1, 0.15) is 19.5 Å². The van der Waals surface area contributed by atoms with Crippen LogP contribution in [0.3, 0.4) is 0 Å². The van der Waals surface area contributed by atoms with Gasteiger partial charge in [0, 0.05) is 18.8 Å². The van der Waals surface area contributed by atoms with Gasteiger partial charge in [0.05, 0.1) is 16.7 Å². The molecule has 232 valence electrons. The van der Waals surface area contributed by atoms with Gasteiger partial charge in [0.15, 0.2) is 0 Å². The van der Waals surface area contributed by atoms with E-state index < -0.39 is 13.2 Å². The van der Waals surface area contributed by atoms with Gasteiger partial charge in [-0.05, 0) is 96.9 Å². The van der Waals surface area contributed by atoms with E-state index in [1.54, 1.807) is 10.6 Å². The maximum atomic E-state index is 8.88. The second-order valence-electron chi connectivity index (χ2n) is 12.3. The first-order valence-corrected chi connectivity index (χ1v) is 16.5. The highest BCUT2D eigenvalue weighted by atomic mass is 15.1. The van der Waals surface area contributed by atoms with E-state index >= 15 is 0 Å². The second kappa shape index (κ2) is 12.1. The minimum Gasteiger partial charge on any atom is -0.296 e. The van der Waals surface area contributed by atoms with E-state index in [9.17, 15) is 0 Å². The van der Waals surface area contributed by atoms with Crippen molar-refractivity contribution in [2.75, 3.05) is 0 Å². The van der Waals surface area contributed by atoms with Gasteiger partial charge in [-0.3, -0.25) is 4.57 Å². The molecule has 0 amide bonds. The number of fused-ring (bicyclic) bond motifs is 3. The molecular formula is C47H34N2. The van der Waals surface area contributed by atoms with Gasteiger partial charge in [0.2, 0.25) is 0 Å². The quantitative estimate of drug-likeness (QED) is 0.167. The molecular weight excluding hydrogens is 593 g/mol. The van der Waals surface area contributed by atoms with Crippen molar-refractivity contribution in [1.82, 2.24) is 9.55 Å². The Morgan fingerprint density at radius 1 is 0.490 bits per heavy atom. The molecule has 0 aliphatic rings. The van der Waals surface area contributed by atoms with Crippen LogP contribution in [0.25, 0.3) is 82.8 Å². The van der Waals surface area contributed by atoms with Crippen LogP contribution in [-0.2, 0) is 6.37 Å².